The molecule has 1 spiro atoms. The first kappa shape index (κ1) is 30.8. The van der Waals surface area contributed by atoms with Crippen molar-refractivity contribution < 1.29 is 34.4 Å². The maximum Gasteiger partial charge on any atom is 0.340 e. The Kier molecular flexibility index (Phi) is 7.99. The first-order chi connectivity index (χ1) is 23.2. The van der Waals surface area contributed by atoms with Gasteiger partial charge in [0.05, 0.1) is 17.9 Å². The molecule has 4 aromatic carbocycles. The van der Waals surface area contributed by atoms with Gasteiger partial charge in [-0.25, -0.2) is 4.79 Å². The van der Waals surface area contributed by atoms with E-state index in [0.29, 0.717) is 69.6 Å². The number of fused-ring (bicyclic) bond motifs is 6. The van der Waals surface area contributed by atoms with Crippen LogP contribution in [0.3, 0.4) is 0 Å². The summed E-state index contributed by atoms with van der Waals surface area (Å²) < 4.78 is 12.1. The highest BCUT2D eigenvalue weighted by atomic mass is 32.1. The van der Waals surface area contributed by atoms with Gasteiger partial charge >= 0.3 is 5.97 Å². The largest absolute Gasteiger partial charge is 0.508 e. The van der Waals surface area contributed by atoms with E-state index in [0.717, 1.165) is 11.3 Å². The highest BCUT2D eigenvalue weighted by Gasteiger charge is 2.53. The van der Waals surface area contributed by atoms with Gasteiger partial charge in [-0.3, -0.25) is 4.79 Å². The fraction of sp³-hybridized carbons (Fsp3) is 0.171. The van der Waals surface area contributed by atoms with Crippen LogP contribution in [0.5, 0.6) is 23.0 Å². The molecule has 13 heteroatoms. The number of hydrogen-bond acceptors (Lipinski definition) is 10. The van der Waals surface area contributed by atoms with E-state index in [1.807, 2.05) is 12.1 Å². The third kappa shape index (κ3) is 5.58. The lowest BCUT2D eigenvalue weighted by Gasteiger charge is -2.36. The van der Waals surface area contributed by atoms with Gasteiger partial charge in [0.15, 0.2) is 10.7 Å². The van der Waals surface area contributed by atoms with Crippen molar-refractivity contribution in [3.8, 4) is 23.0 Å². The van der Waals surface area contributed by atoms with E-state index in [-0.39, 0.29) is 29.9 Å². The molecule has 0 fully saturated rings. The number of aliphatic hydroxyl groups is 1. The smallest absolute Gasteiger partial charge is 0.340 e. The van der Waals surface area contributed by atoms with Crippen LogP contribution in [0, 0.1) is 5.92 Å². The summed E-state index contributed by atoms with van der Waals surface area (Å²) in [5.41, 5.74) is 3.25. The van der Waals surface area contributed by atoms with Crippen LogP contribution in [-0.4, -0.2) is 63.9 Å². The summed E-state index contributed by atoms with van der Waals surface area (Å²) in [6.07, 6.45) is 2.21. The van der Waals surface area contributed by atoms with Gasteiger partial charge < -0.3 is 40.7 Å². The lowest BCUT2D eigenvalue weighted by atomic mass is 9.77. The number of nitrogens with one attached hydrogen (secondary N) is 3. The van der Waals surface area contributed by atoms with Crippen LogP contribution in [0.15, 0.2) is 89.1 Å². The number of nitrogens with zero attached hydrogens (tertiary/aromatic N) is 2. The first-order valence-corrected chi connectivity index (χ1v) is 15.5. The van der Waals surface area contributed by atoms with Crippen molar-refractivity contribution in [3.63, 3.8) is 0 Å². The molecule has 1 atom stereocenters. The molecule has 3 aliphatic heterocycles. The third-order valence-corrected chi connectivity index (χ3v) is 8.60. The molecular formula is C35H29N5O7S. The van der Waals surface area contributed by atoms with Gasteiger partial charge in [-0.15, -0.1) is 0 Å². The lowest BCUT2D eigenvalue weighted by Crippen LogP contribution is -2.36. The third-order valence-electron chi connectivity index (χ3n) is 8.35. The van der Waals surface area contributed by atoms with Gasteiger partial charge in [0.1, 0.15) is 23.0 Å². The number of anilines is 1. The van der Waals surface area contributed by atoms with Crippen molar-refractivity contribution in [3.05, 3.63) is 112 Å². The summed E-state index contributed by atoms with van der Waals surface area (Å²) in [6, 6.07) is 21.4. The maximum absolute atomic E-state index is 13.3. The summed E-state index contributed by atoms with van der Waals surface area (Å²) in [6.45, 7) is 0.643. The number of esters is 1. The number of amides is 1. The number of phenols is 2. The Labute approximate surface area is 279 Å². The molecule has 3 heterocycles. The number of phenolic OH excluding ortho intramolecular Hbond substituents is 2. The van der Waals surface area contributed by atoms with E-state index >= 15 is 0 Å². The molecule has 3 aliphatic rings. The minimum atomic E-state index is -1.35. The van der Waals surface area contributed by atoms with Crippen LogP contribution in [0.25, 0.3) is 0 Å². The Balaban J connectivity index is 0.987. The van der Waals surface area contributed by atoms with Crippen LogP contribution in [0.4, 0.5) is 5.69 Å². The number of benzene rings is 4. The number of carbonyl (C=O) groups excluding carboxylic acids is 2. The molecule has 4 aromatic rings. The number of aromatic hydroxyl groups is 2. The van der Waals surface area contributed by atoms with E-state index in [1.54, 1.807) is 48.7 Å². The number of carbonyl (C=O) groups is 2. The number of aliphatic hydroxyl groups excluding tert-OH is 1. The maximum atomic E-state index is 13.3. The summed E-state index contributed by atoms with van der Waals surface area (Å²) >= 11 is 5.45. The van der Waals surface area contributed by atoms with Crippen LogP contribution >= 0.6 is 12.2 Å². The van der Waals surface area contributed by atoms with Crippen molar-refractivity contribution in [2.75, 3.05) is 25.0 Å². The Morgan fingerprint density at radius 2 is 1.56 bits per heavy atom. The normalized spacial score (nSPS) is 16.5. The summed E-state index contributed by atoms with van der Waals surface area (Å²) in [5.74, 6) is -0.317. The van der Waals surface area contributed by atoms with Crippen molar-refractivity contribution in [1.82, 2.24) is 10.6 Å². The van der Waals surface area contributed by atoms with Crippen molar-refractivity contribution in [1.29, 1.82) is 0 Å². The molecule has 6 N–H and O–H groups in total. The van der Waals surface area contributed by atoms with Gasteiger partial charge in [-0.05, 0) is 66.3 Å². The molecule has 0 aromatic heterocycles. The number of rotatable bonds is 7. The molecule has 12 nitrogen and oxygen atoms in total. The topological polar surface area (TPSA) is 174 Å². The zero-order valence-electron chi connectivity index (χ0n) is 25.3. The average molecular weight is 664 g/mol. The Bertz CT molecular complexity index is 1980. The zero-order valence-corrected chi connectivity index (χ0v) is 26.1. The number of hydrogen-bond donors (Lipinski definition) is 6. The van der Waals surface area contributed by atoms with E-state index in [9.17, 15) is 24.9 Å². The molecule has 0 bridgehead atoms. The molecule has 0 saturated heterocycles. The van der Waals surface area contributed by atoms with Crippen molar-refractivity contribution >= 4 is 46.8 Å². The van der Waals surface area contributed by atoms with Gasteiger partial charge in [0, 0.05) is 71.7 Å². The van der Waals surface area contributed by atoms with Gasteiger partial charge in [0.25, 0.3) is 5.91 Å². The minimum Gasteiger partial charge on any atom is -0.508 e. The van der Waals surface area contributed by atoms with Crippen molar-refractivity contribution in [2.24, 2.45) is 16.1 Å². The second-order valence-corrected chi connectivity index (χ2v) is 11.9. The van der Waals surface area contributed by atoms with Crippen LogP contribution in [0.2, 0.25) is 0 Å². The first-order valence-electron chi connectivity index (χ1n) is 15.1. The van der Waals surface area contributed by atoms with Crippen molar-refractivity contribution in [2.45, 2.75) is 12.0 Å². The molecule has 1 amide bonds. The summed E-state index contributed by atoms with van der Waals surface area (Å²) in [5, 5.41) is 47.0. The summed E-state index contributed by atoms with van der Waals surface area (Å²) in [4.78, 5) is 26.0. The molecule has 48 heavy (non-hydrogen) atoms. The zero-order chi connectivity index (χ0) is 33.4. The van der Waals surface area contributed by atoms with E-state index in [4.69, 9.17) is 21.7 Å². The fourth-order valence-electron chi connectivity index (χ4n) is 6.05. The van der Waals surface area contributed by atoms with Gasteiger partial charge in [-0.1, -0.05) is 18.2 Å². The summed E-state index contributed by atoms with van der Waals surface area (Å²) in [7, 11) is 0. The molecule has 0 radical (unpaired) electrons. The molecule has 0 aliphatic carbocycles. The highest BCUT2D eigenvalue weighted by Crippen LogP contribution is 2.57. The van der Waals surface area contributed by atoms with E-state index in [1.165, 1.54) is 24.3 Å². The molecule has 0 saturated carbocycles. The predicted molar refractivity (Wildman–Crippen MR) is 181 cm³/mol. The molecule has 242 valence electrons. The van der Waals surface area contributed by atoms with E-state index < -0.39 is 11.6 Å². The molecule has 1 unspecified atom stereocenters. The number of thiocarbonyl (C=S) groups is 1. The lowest BCUT2D eigenvalue weighted by molar-refractivity contribution is 0.0224. The highest BCUT2D eigenvalue weighted by molar-refractivity contribution is 7.80. The molecule has 7 rings (SSSR count). The van der Waals surface area contributed by atoms with Gasteiger partial charge in [-0.2, -0.15) is 10.2 Å². The average Bonchev–Trinajstić information content (AvgIpc) is 3.37. The second kappa shape index (κ2) is 12.4. The Hall–Kier alpha value is -5.79. The Morgan fingerprint density at radius 1 is 0.896 bits per heavy atom. The van der Waals surface area contributed by atoms with Gasteiger partial charge in [0.2, 0.25) is 0 Å². The standard InChI is InChI=1S/C35H29N5O7S/c41-18-19-13-29(40-38-17-19)20-1-3-21(4-2-20)32(44)36-11-12-37-34(48)39-22-5-8-26-25(14-22)33(45)47-35(26)27-9-6-23(42)15-30(27)46-31-16-24(43)7-10-28(31)35/h1-10,14-17,19,41-43H,11-13,18H2,(H,36,44)(H2,37,39,48). The van der Waals surface area contributed by atoms with Crippen LogP contribution < -0.4 is 20.7 Å². The minimum absolute atomic E-state index is 0.000320. The van der Waals surface area contributed by atoms with Crippen LogP contribution in [0.1, 0.15) is 49.4 Å². The Morgan fingerprint density at radius 3 is 2.25 bits per heavy atom. The SMILES string of the molecule is O=C(NCCNC(=S)Nc1ccc2c(c1)C(=O)OC21c2ccc(O)cc2Oc2cc(O)ccc21)c1ccc(C2=NN=CC(CO)C2)cc1. The fourth-order valence-corrected chi connectivity index (χ4v) is 6.27. The number of ether oxygens (including phenoxy) is 2. The van der Waals surface area contributed by atoms with Crippen LogP contribution in [-0.2, 0) is 10.3 Å². The molecular weight excluding hydrogens is 634 g/mol. The second-order valence-electron chi connectivity index (χ2n) is 11.5. The quantitative estimate of drug-likeness (QED) is 0.0957. The van der Waals surface area contributed by atoms with E-state index in [2.05, 4.69) is 26.2 Å². The predicted octanol–water partition coefficient (Wildman–Crippen LogP) is 4.17. The monoisotopic (exact) mass is 663 g/mol.